The monoisotopic (exact) mass is 441 g/mol. The minimum atomic E-state index is -2.94. The average molecular weight is 442 g/mol. The Morgan fingerprint density at radius 3 is 2.74 bits per heavy atom. The van der Waals surface area contributed by atoms with Crippen LogP contribution in [0.15, 0.2) is 53.0 Å². The standard InChI is InChI=1S/C19H18BrF2NO4/c1-25-17-11-13(5-7-16(17)27-19(21)22)6-8-18(24)23-9-10-26-15-4-2-3-14(20)12-15/h2-8,11-12,19H,9-10H2,1H3,(H,23,24). The van der Waals surface area contributed by atoms with E-state index >= 15 is 0 Å². The van der Waals surface area contributed by atoms with Crippen LogP contribution in [0.4, 0.5) is 8.78 Å². The number of amides is 1. The lowest BCUT2D eigenvalue weighted by molar-refractivity contribution is -0.116. The molecule has 0 aliphatic carbocycles. The molecule has 0 spiro atoms. The van der Waals surface area contributed by atoms with Gasteiger partial charge in [0.2, 0.25) is 5.91 Å². The molecule has 1 amide bonds. The van der Waals surface area contributed by atoms with E-state index in [1.165, 1.54) is 25.3 Å². The molecule has 0 unspecified atom stereocenters. The van der Waals surface area contributed by atoms with Gasteiger partial charge in [-0.15, -0.1) is 0 Å². The lowest BCUT2D eigenvalue weighted by Crippen LogP contribution is -2.26. The Hall–Kier alpha value is -2.61. The molecule has 0 bridgehead atoms. The Bertz CT molecular complexity index is 799. The molecule has 0 aliphatic rings. The highest BCUT2D eigenvalue weighted by atomic mass is 79.9. The first-order valence-corrected chi connectivity index (χ1v) is 8.74. The van der Waals surface area contributed by atoms with Gasteiger partial charge in [0, 0.05) is 10.5 Å². The fourth-order valence-electron chi connectivity index (χ4n) is 2.11. The fourth-order valence-corrected chi connectivity index (χ4v) is 2.49. The van der Waals surface area contributed by atoms with Gasteiger partial charge < -0.3 is 19.5 Å². The van der Waals surface area contributed by atoms with Crippen molar-refractivity contribution >= 4 is 27.9 Å². The molecule has 2 aromatic rings. The lowest BCUT2D eigenvalue weighted by atomic mass is 10.2. The maximum Gasteiger partial charge on any atom is 0.387 e. The lowest BCUT2D eigenvalue weighted by Gasteiger charge is -2.10. The summed E-state index contributed by atoms with van der Waals surface area (Å²) in [5.74, 6) is 0.478. The van der Waals surface area contributed by atoms with E-state index in [0.29, 0.717) is 24.5 Å². The largest absolute Gasteiger partial charge is 0.493 e. The van der Waals surface area contributed by atoms with Gasteiger partial charge in [-0.05, 0) is 42.0 Å². The normalized spacial score (nSPS) is 10.9. The van der Waals surface area contributed by atoms with Crippen molar-refractivity contribution in [2.75, 3.05) is 20.3 Å². The van der Waals surface area contributed by atoms with Crippen LogP contribution in [-0.4, -0.2) is 32.8 Å². The summed E-state index contributed by atoms with van der Waals surface area (Å²) < 4.78 is 40.4. The minimum absolute atomic E-state index is 0.0706. The summed E-state index contributed by atoms with van der Waals surface area (Å²) in [5, 5.41) is 2.69. The molecule has 0 atom stereocenters. The van der Waals surface area contributed by atoms with Gasteiger partial charge in [0.15, 0.2) is 11.5 Å². The zero-order chi connectivity index (χ0) is 19.6. The van der Waals surface area contributed by atoms with Gasteiger partial charge in [-0.2, -0.15) is 8.78 Å². The highest BCUT2D eigenvalue weighted by Crippen LogP contribution is 2.29. The first-order chi connectivity index (χ1) is 13.0. The quantitative estimate of drug-likeness (QED) is 0.466. The predicted molar refractivity (Wildman–Crippen MR) is 101 cm³/mol. The van der Waals surface area contributed by atoms with Crippen LogP contribution in [-0.2, 0) is 4.79 Å². The van der Waals surface area contributed by atoms with Gasteiger partial charge >= 0.3 is 6.61 Å². The third-order valence-electron chi connectivity index (χ3n) is 3.30. The number of hydrogen-bond donors (Lipinski definition) is 1. The number of carbonyl (C=O) groups is 1. The van der Waals surface area contributed by atoms with Gasteiger partial charge in [-0.1, -0.05) is 28.1 Å². The number of carbonyl (C=O) groups excluding carboxylic acids is 1. The topological polar surface area (TPSA) is 56.8 Å². The summed E-state index contributed by atoms with van der Waals surface area (Å²) in [5.41, 5.74) is 0.606. The Morgan fingerprint density at radius 2 is 2.04 bits per heavy atom. The van der Waals surface area contributed by atoms with Gasteiger partial charge in [0.05, 0.1) is 13.7 Å². The first kappa shape index (κ1) is 20.7. The second-order valence-electron chi connectivity index (χ2n) is 5.22. The molecule has 2 rings (SSSR count). The van der Waals surface area contributed by atoms with E-state index in [0.717, 1.165) is 4.47 Å². The minimum Gasteiger partial charge on any atom is -0.493 e. The Labute approximate surface area is 164 Å². The summed E-state index contributed by atoms with van der Waals surface area (Å²) in [6, 6.07) is 11.8. The Balaban J connectivity index is 1.81. The zero-order valence-corrected chi connectivity index (χ0v) is 16.0. The van der Waals surface area contributed by atoms with Crippen molar-refractivity contribution < 1.29 is 27.8 Å². The summed E-state index contributed by atoms with van der Waals surface area (Å²) >= 11 is 3.35. The van der Waals surface area contributed by atoms with Crippen LogP contribution < -0.4 is 19.5 Å². The van der Waals surface area contributed by atoms with Crippen LogP contribution in [0, 0.1) is 0 Å². The SMILES string of the molecule is COc1cc(C=CC(=O)NCCOc2cccc(Br)c2)ccc1OC(F)F. The second-order valence-corrected chi connectivity index (χ2v) is 6.13. The van der Waals surface area contributed by atoms with E-state index in [4.69, 9.17) is 9.47 Å². The van der Waals surface area contributed by atoms with E-state index < -0.39 is 6.61 Å². The van der Waals surface area contributed by atoms with Gasteiger partial charge in [-0.25, -0.2) is 0 Å². The Morgan fingerprint density at radius 1 is 1.22 bits per heavy atom. The maximum absolute atomic E-state index is 12.3. The fraction of sp³-hybridized carbons (Fsp3) is 0.211. The molecule has 0 saturated carbocycles. The van der Waals surface area contributed by atoms with Crippen molar-refractivity contribution in [3.05, 3.63) is 58.6 Å². The van der Waals surface area contributed by atoms with Crippen molar-refractivity contribution in [1.82, 2.24) is 5.32 Å². The zero-order valence-electron chi connectivity index (χ0n) is 14.5. The second kappa shape index (κ2) is 10.5. The van der Waals surface area contributed by atoms with Crippen LogP contribution in [0.25, 0.3) is 6.08 Å². The summed E-state index contributed by atoms with van der Waals surface area (Å²) in [6.07, 6.45) is 2.88. The number of nitrogens with one attached hydrogen (secondary N) is 1. The molecule has 0 aromatic heterocycles. The molecule has 144 valence electrons. The molecule has 0 radical (unpaired) electrons. The molecule has 1 N–H and O–H groups in total. The van der Waals surface area contributed by atoms with E-state index in [9.17, 15) is 13.6 Å². The van der Waals surface area contributed by atoms with Crippen molar-refractivity contribution in [2.24, 2.45) is 0 Å². The van der Waals surface area contributed by atoms with E-state index in [1.807, 2.05) is 24.3 Å². The number of alkyl halides is 2. The molecule has 0 heterocycles. The smallest absolute Gasteiger partial charge is 0.387 e. The number of benzene rings is 2. The van der Waals surface area contributed by atoms with Crippen molar-refractivity contribution in [2.45, 2.75) is 6.61 Å². The maximum atomic E-state index is 12.3. The number of rotatable bonds is 9. The van der Waals surface area contributed by atoms with Crippen LogP contribution in [0.1, 0.15) is 5.56 Å². The van der Waals surface area contributed by atoms with Gasteiger partial charge in [0.25, 0.3) is 0 Å². The number of methoxy groups -OCH3 is 1. The van der Waals surface area contributed by atoms with E-state index in [2.05, 4.69) is 26.0 Å². The molecular weight excluding hydrogens is 424 g/mol. The highest BCUT2D eigenvalue weighted by molar-refractivity contribution is 9.10. The summed E-state index contributed by atoms with van der Waals surface area (Å²) in [6.45, 7) is -2.28. The number of hydrogen-bond acceptors (Lipinski definition) is 4. The third-order valence-corrected chi connectivity index (χ3v) is 3.79. The van der Waals surface area contributed by atoms with Gasteiger partial charge in [0.1, 0.15) is 12.4 Å². The third kappa shape index (κ3) is 7.26. The van der Waals surface area contributed by atoms with Crippen LogP contribution in [0.2, 0.25) is 0 Å². The van der Waals surface area contributed by atoms with Crippen molar-refractivity contribution in [1.29, 1.82) is 0 Å². The number of ether oxygens (including phenoxy) is 3. The molecule has 8 heteroatoms. The van der Waals surface area contributed by atoms with Crippen molar-refractivity contribution in [3.63, 3.8) is 0 Å². The molecule has 5 nitrogen and oxygen atoms in total. The molecule has 0 saturated heterocycles. The molecule has 0 aliphatic heterocycles. The van der Waals surface area contributed by atoms with Crippen LogP contribution >= 0.6 is 15.9 Å². The molecule has 27 heavy (non-hydrogen) atoms. The summed E-state index contributed by atoms with van der Waals surface area (Å²) in [7, 11) is 1.35. The van der Waals surface area contributed by atoms with E-state index in [-0.39, 0.29) is 17.4 Å². The average Bonchev–Trinajstić information content (AvgIpc) is 2.64. The van der Waals surface area contributed by atoms with E-state index in [1.54, 1.807) is 12.1 Å². The summed E-state index contributed by atoms with van der Waals surface area (Å²) in [4.78, 5) is 11.8. The first-order valence-electron chi connectivity index (χ1n) is 7.95. The predicted octanol–water partition coefficient (Wildman–Crippen LogP) is 4.27. The molecule has 0 fully saturated rings. The number of halogens is 3. The van der Waals surface area contributed by atoms with Crippen molar-refractivity contribution in [3.8, 4) is 17.2 Å². The molecular formula is C19H18BrF2NO4. The Kier molecular flexibility index (Phi) is 8.06. The van der Waals surface area contributed by atoms with Gasteiger partial charge in [-0.3, -0.25) is 4.79 Å². The van der Waals surface area contributed by atoms with Crippen LogP contribution in [0.5, 0.6) is 17.2 Å². The highest BCUT2D eigenvalue weighted by Gasteiger charge is 2.10. The van der Waals surface area contributed by atoms with Crippen LogP contribution in [0.3, 0.4) is 0 Å². The molecule has 2 aromatic carbocycles.